The fraction of sp³-hybridized carbons (Fsp3) is 0.0417. The summed E-state index contributed by atoms with van der Waals surface area (Å²) in [5.41, 5.74) is 13.2. The van der Waals surface area contributed by atoms with E-state index in [-0.39, 0.29) is 0 Å². The summed E-state index contributed by atoms with van der Waals surface area (Å²) in [6.07, 6.45) is 8.72. The summed E-state index contributed by atoms with van der Waals surface area (Å²) in [5.74, 6) is 0. The van der Waals surface area contributed by atoms with Crippen molar-refractivity contribution in [3.63, 3.8) is 0 Å². The molecule has 244 valence electrons. The number of para-hydroxylation sites is 3. The number of furan rings is 2. The lowest BCUT2D eigenvalue weighted by Crippen LogP contribution is -1.98. The molecule has 4 heterocycles. The summed E-state index contributed by atoms with van der Waals surface area (Å²) in [6, 6.07) is 50.2. The maximum Gasteiger partial charge on any atom is 0.137 e. The molecular formula is C48H30N2O2. The Morgan fingerprint density at radius 3 is 2.02 bits per heavy atom. The van der Waals surface area contributed by atoms with E-state index >= 15 is 0 Å². The van der Waals surface area contributed by atoms with E-state index in [1.54, 1.807) is 0 Å². The lowest BCUT2D eigenvalue weighted by molar-refractivity contribution is 0.669. The highest BCUT2D eigenvalue weighted by Gasteiger charge is 2.21. The molecule has 0 aliphatic heterocycles. The second-order valence-corrected chi connectivity index (χ2v) is 14.0. The fourth-order valence-corrected chi connectivity index (χ4v) is 8.86. The largest absolute Gasteiger partial charge is 0.456 e. The van der Waals surface area contributed by atoms with Gasteiger partial charge in [-0.2, -0.15) is 0 Å². The Kier molecular flexibility index (Phi) is 5.58. The average molecular weight is 667 g/mol. The molecule has 0 saturated carbocycles. The van der Waals surface area contributed by atoms with Gasteiger partial charge in [0.1, 0.15) is 22.3 Å². The number of hydrogen-bond acceptors (Lipinski definition) is 2. The SMILES string of the molecule is C1=CCCC(n2c3cc(-c4ccc5c(c4)c4c6c(ccc4n5-c4ccccc4)oc4ccccc46)ccc3c3cc4c(cc32)oc2ccccc24)=C1. The van der Waals surface area contributed by atoms with Crippen molar-refractivity contribution in [1.29, 1.82) is 0 Å². The van der Waals surface area contributed by atoms with Crippen LogP contribution in [0.2, 0.25) is 0 Å². The van der Waals surface area contributed by atoms with Crippen molar-refractivity contribution in [3.05, 3.63) is 158 Å². The van der Waals surface area contributed by atoms with Crippen LogP contribution in [-0.2, 0) is 0 Å². The van der Waals surface area contributed by atoms with Crippen LogP contribution in [0.3, 0.4) is 0 Å². The average Bonchev–Trinajstić information content (AvgIpc) is 3.94. The quantitative estimate of drug-likeness (QED) is 0.188. The Hall–Kier alpha value is -6.78. The van der Waals surface area contributed by atoms with Gasteiger partial charge in [0.2, 0.25) is 0 Å². The van der Waals surface area contributed by atoms with Gasteiger partial charge in [-0.25, -0.2) is 0 Å². The molecule has 0 amide bonds. The van der Waals surface area contributed by atoms with Gasteiger partial charge < -0.3 is 18.0 Å². The molecule has 4 nitrogen and oxygen atoms in total. The molecule has 12 rings (SSSR count). The highest BCUT2D eigenvalue weighted by molar-refractivity contribution is 6.28. The molecule has 11 aromatic rings. The zero-order chi connectivity index (χ0) is 33.9. The number of benzene rings is 7. The van der Waals surface area contributed by atoms with Crippen molar-refractivity contribution in [1.82, 2.24) is 9.13 Å². The minimum absolute atomic E-state index is 0.908. The first-order chi connectivity index (χ1) is 25.8. The highest BCUT2D eigenvalue weighted by atomic mass is 16.3. The molecule has 0 N–H and O–H groups in total. The summed E-state index contributed by atoms with van der Waals surface area (Å²) >= 11 is 0. The molecule has 0 bridgehead atoms. The van der Waals surface area contributed by atoms with Gasteiger partial charge >= 0.3 is 0 Å². The van der Waals surface area contributed by atoms with E-state index in [9.17, 15) is 0 Å². The molecule has 52 heavy (non-hydrogen) atoms. The fourth-order valence-electron chi connectivity index (χ4n) is 8.86. The van der Waals surface area contributed by atoms with Crippen LogP contribution in [0.15, 0.2) is 167 Å². The van der Waals surface area contributed by atoms with E-state index < -0.39 is 0 Å². The molecule has 0 saturated heterocycles. The van der Waals surface area contributed by atoms with Gasteiger partial charge in [0.25, 0.3) is 0 Å². The lowest BCUT2D eigenvalue weighted by atomic mass is 9.99. The zero-order valence-corrected chi connectivity index (χ0v) is 28.1. The number of fused-ring (bicyclic) bond motifs is 13. The first-order valence-corrected chi connectivity index (χ1v) is 18.0. The molecule has 0 radical (unpaired) electrons. The molecule has 0 atom stereocenters. The number of aromatic nitrogens is 2. The van der Waals surface area contributed by atoms with Crippen molar-refractivity contribution in [2.75, 3.05) is 0 Å². The predicted molar refractivity (Wildman–Crippen MR) is 216 cm³/mol. The Labute approximate surface area is 297 Å². The van der Waals surface area contributed by atoms with E-state index in [2.05, 4.69) is 155 Å². The van der Waals surface area contributed by atoms with Crippen LogP contribution >= 0.6 is 0 Å². The molecule has 7 aromatic carbocycles. The van der Waals surface area contributed by atoms with E-state index in [0.717, 1.165) is 62.4 Å². The third kappa shape index (κ3) is 3.81. The van der Waals surface area contributed by atoms with Gasteiger partial charge in [0.05, 0.1) is 22.1 Å². The minimum Gasteiger partial charge on any atom is -0.456 e. The Morgan fingerprint density at radius 1 is 0.423 bits per heavy atom. The second-order valence-electron chi connectivity index (χ2n) is 14.0. The minimum atomic E-state index is 0.908. The maximum absolute atomic E-state index is 6.40. The molecule has 0 unspecified atom stereocenters. The van der Waals surface area contributed by atoms with Crippen LogP contribution in [-0.4, -0.2) is 9.13 Å². The number of allylic oxidation sites excluding steroid dienone is 4. The van der Waals surface area contributed by atoms with Crippen LogP contribution in [0.4, 0.5) is 0 Å². The van der Waals surface area contributed by atoms with Crippen molar-refractivity contribution >= 4 is 93.2 Å². The van der Waals surface area contributed by atoms with Crippen LogP contribution in [0.5, 0.6) is 0 Å². The topological polar surface area (TPSA) is 36.1 Å². The molecule has 1 aliphatic rings. The second kappa shape index (κ2) is 10.4. The van der Waals surface area contributed by atoms with Gasteiger partial charge in [-0.15, -0.1) is 0 Å². The Bertz CT molecular complexity index is 3340. The van der Waals surface area contributed by atoms with Crippen LogP contribution in [0.1, 0.15) is 12.8 Å². The summed E-state index contributed by atoms with van der Waals surface area (Å²) in [7, 11) is 0. The van der Waals surface area contributed by atoms with Crippen molar-refractivity contribution in [2.45, 2.75) is 12.8 Å². The molecule has 4 aromatic heterocycles. The molecule has 1 aliphatic carbocycles. The van der Waals surface area contributed by atoms with Crippen molar-refractivity contribution in [2.24, 2.45) is 0 Å². The van der Waals surface area contributed by atoms with Crippen LogP contribution in [0, 0.1) is 0 Å². The molecule has 0 spiro atoms. The normalized spacial score (nSPS) is 13.7. The Balaban J connectivity index is 1.15. The first kappa shape index (κ1) is 28.0. The van der Waals surface area contributed by atoms with Gasteiger partial charge in [0.15, 0.2) is 0 Å². The summed E-state index contributed by atoms with van der Waals surface area (Å²) in [4.78, 5) is 0. The zero-order valence-electron chi connectivity index (χ0n) is 28.1. The smallest absolute Gasteiger partial charge is 0.137 e. The monoisotopic (exact) mass is 666 g/mol. The van der Waals surface area contributed by atoms with E-state index in [1.807, 2.05) is 12.1 Å². The van der Waals surface area contributed by atoms with Gasteiger partial charge in [-0.05, 0) is 90.7 Å². The van der Waals surface area contributed by atoms with Crippen LogP contribution in [0.25, 0.3) is 110 Å². The van der Waals surface area contributed by atoms with Crippen LogP contribution < -0.4 is 0 Å². The summed E-state index contributed by atoms with van der Waals surface area (Å²) in [6.45, 7) is 0. The van der Waals surface area contributed by atoms with E-state index in [1.165, 1.54) is 60.4 Å². The number of hydrogen-bond donors (Lipinski definition) is 0. The summed E-state index contributed by atoms with van der Waals surface area (Å²) < 4.78 is 17.7. The van der Waals surface area contributed by atoms with Crippen molar-refractivity contribution in [3.8, 4) is 16.8 Å². The maximum atomic E-state index is 6.40. The number of nitrogens with zero attached hydrogens (tertiary/aromatic N) is 2. The summed E-state index contributed by atoms with van der Waals surface area (Å²) in [5, 5.41) is 9.52. The lowest BCUT2D eigenvalue weighted by Gasteiger charge is -2.14. The van der Waals surface area contributed by atoms with Gasteiger partial charge in [0, 0.05) is 60.5 Å². The predicted octanol–water partition coefficient (Wildman–Crippen LogP) is 13.5. The third-order valence-electron chi connectivity index (χ3n) is 11.2. The first-order valence-electron chi connectivity index (χ1n) is 18.0. The molecule has 4 heteroatoms. The Morgan fingerprint density at radius 2 is 1.15 bits per heavy atom. The standard InChI is InChI=1S/C48H30N2O2/c1-3-11-31(12-4-1)49-39-22-20-29(25-38(39)47-40(49)23-24-45-48(47)35-16-8-10-18-44(35)51-45)30-19-21-33-36-27-37-34-15-7-9-17-43(34)52-46(37)28-42(36)50(41(33)26-30)32-13-5-2-6-14-32/h1-5,7-13,15-28H,6,14H2. The number of rotatable bonds is 3. The van der Waals surface area contributed by atoms with E-state index in [4.69, 9.17) is 8.83 Å². The van der Waals surface area contributed by atoms with E-state index in [0.29, 0.717) is 0 Å². The van der Waals surface area contributed by atoms with Gasteiger partial charge in [-0.3, -0.25) is 0 Å². The third-order valence-corrected chi connectivity index (χ3v) is 11.2. The van der Waals surface area contributed by atoms with Crippen molar-refractivity contribution < 1.29 is 8.83 Å². The molecular weight excluding hydrogens is 637 g/mol. The highest BCUT2D eigenvalue weighted by Crippen LogP contribution is 2.44. The van der Waals surface area contributed by atoms with Gasteiger partial charge in [-0.1, -0.05) is 84.9 Å². The molecule has 0 fully saturated rings.